The molecule has 1 aromatic rings. The predicted octanol–water partition coefficient (Wildman–Crippen LogP) is 3.01. The zero-order chi connectivity index (χ0) is 16.9. The number of aromatic nitrogens is 2. The van der Waals surface area contributed by atoms with Gasteiger partial charge in [-0.3, -0.25) is 5.32 Å². The summed E-state index contributed by atoms with van der Waals surface area (Å²) in [6.07, 6.45) is 0.555. The van der Waals surface area contributed by atoms with E-state index < -0.39 is 12.0 Å². The molecule has 22 heavy (non-hydrogen) atoms. The summed E-state index contributed by atoms with van der Waals surface area (Å²) in [5.41, 5.74) is -0.426. The molecule has 0 amide bonds. The van der Waals surface area contributed by atoms with Crippen LogP contribution in [-0.2, 0) is 4.74 Å². The number of aliphatic hydroxyl groups is 1. The van der Waals surface area contributed by atoms with E-state index in [0.29, 0.717) is 12.4 Å². The van der Waals surface area contributed by atoms with Gasteiger partial charge in [0.15, 0.2) is 0 Å². The van der Waals surface area contributed by atoms with Gasteiger partial charge in [-0.2, -0.15) is 4.98 Å². The maximum atomic E-state index is 9.98. The van der Waals surface area contributed by atoms with E-state index in [-0.39, 0.29) is 17.2 Å². The monoisotopic (exact) mass is 394 g/mol. The van der Waals surface area contributed by atoms with Gasteiger partial charge in [-0.1, -0.05) is 13.8 Å². The first-order chi connectivity index (χ1) is 10.1. The Kier molecular flexibility index (Phi) is 7.48. The maximum absolute atomic E-state index is 9.98. The highest BCUT2D eigenvalue weighted by Gasteiger charge is 2.22. The minimum atomic E-state index is -1.04. The zero-order valence-electron chi connectivity index (χ0n) is 13.5. The second kappa shape index (κ2) is 8.40. The Morgan fingerprint density at radius 1 is 1.41 bits per heavy atom. The van der Waals surface area contributed by atoms with Crippen LogP contribution in [0.25, 0.3) is 0 Å². The fourth-order valence-electron chi connectivity index (χ4n) is 1.72. The molecule has 126 valence electrons. The highest BCUT2D eigenvalue weighted by Crippen LogP contribution is 2.20. The summed E-state index contributed by atoms with van der Waals surface area (Å²) in [6.45, 7) is 10.3. The van der Waals surface area contributed by atoms with Gasteiger partial charge in [0.1, 0.15) is 5.82 Å². The summed E-state index contributed by atoms with van der Waals surface area (Å²) < 4.78 is 6.20. The van der Waals surface area contributed by atoms with Gasteiger partial charge in [0.2, 0.25) is 11.7 Å². The molecule has 1 rings (SSSR count). The van der Waals surface area contributed by atoms with Gasteiger partial charge in [0.25, 0.3) is 0 Å². The Morgan fingerprint density at radius 2 is 2.05 bits per heavy atom. The summed E-state index contributed by atoms with van der Waals surface area (Å²) in [4.78, 5) is 8.00. The minimum Gasteiger partial charge on any atom is -0.367 e. The van der Waals surface area contributed by atoms with Crippen LogP contribution >= 0.6 is 27.5 Å². The number of hydrogen-bond donors (Lipinski definition) is 3. The summed E-state index contributed by atoms with van der Waals surface area (Å²) in [6, 6.07) is -0.0157. The lowest BCUT2D eigenvalue weighted by atomic mass is 10.0. The Balaban J connectivity index is 2.63. The van der Waals surface area contributed by atoms with E-state index in [2.05, 4.69) is 50.4 Å². The smallest absolute Gasteiger partial charge is 0.224 e. The van der Waals surface area contributed by atoms with Crippen LogP contribution in [0.2, 0.25) is 5.28 Å². The van der Waals surface area contributed by atoms with Crippen molar-refractivity contribution in [1.82, 2.24) is 15.3 Å². The Labute approximate surface area is 145 Å². The molecule has 8 heteroatoms. The minimum absolute atomic E-state index is 0.0157. The highest BCUT2D eigenvalue weighted by molar-refractivity contribution is 9.10. The topological polar surface area (TPSA) is 79.3 Å². The van der Waals surface area contributed by atoms with E-state index in [0.717, 1.165) is 4.47 Å². The van der Waals surface area contributed by atoms with E-state index >= 15 is 0 Å². The maximum Gasteiger partial charge on any atom is 0.224 e. The second-order valence-electron chi connectivity index (χ2n) is 6.32. The Bertz CT molecular complexity index is 482. The molecule has 0 aliphatic heterocycles. The summed E-state index contributed by atoms with van der Waals surface area (Å²) in [5, 5.41) is 16.4. The first-order valence-corrected chi connectivity index (χ1v) is 8.29. The summed E-state index contributed by atoms with van der Waals surface area (Å²) in [7, 11) is 0. The summed E-state index contributed by atoms with van der Waals surface area (Å²) in [5.74, 6) is 0.889. The van der Waals surface area contributed by atoms with E-state index in [1.54, 1.807) is 6.20 Å². The van der Waals surface area contributed by atoms with Crippen LogP contribution in [0.5, 0.6) is 0 Å². The van der Waals surface area contributed by atoms with Gasteiger partial charge >= 0.3 is 0 Å². The lowest BCUT2D eigenvalue weighted by Gasteiger charge is -2.30. The van der Waals surface area contributed by atoms with E-state index in [1.807, 2.05) is 20.8 Å². The number of nitrogens with zero attached hydrogens (tertiary/aromatic N) is 2. The molecule has 2 atom stereocenters. The Morgan fingerprint density at radius 3 is 2.59 bits per heavy atom. The predicted molar refractivity (Wildman–Crippen MR) is 91.8 cm³/mol. The molecule has 0 aliphatic rings. The molecule has 1 unspecified atom stereocenters. The quantitative estimate of drug-likeness (QED) is 0.486. The molecule has 0 bridgehead atoms. The van der Waals surface area contributed by atoms with Gasteiger partial charge in [0, 0.05) is 18.8 Å². The average Bonchev–Trinajstić information content (AvgIpc) is 2.35. The first-order valence-electron chi connectivity index (χ1n) is 7.12. The van der Waals surface area contributed by atoms with Gasteiger partial charge in [-0.25, -0.2) is 4.98 Å². The van der Waals surface area contributed by atoms with Crippen molar-refractivity contribution in [2.24, 2.45) is 5.92 Å². The fourth-order valence-corrected chi connectivity index (χ4v) is 2.18. The molecule has 0 aliphatic carbocycles. The number of rotatable bonds is 7. The fraction of sp³-hybridized carbons (Fsp3) is 0.714. The molecule has 0 saturated heterocycles. The van der Waals surface area contributed by atoms with Crippen molar-refractivity contribution in [3.63, 3.8) is 0 Å². The van der Waals surface area contributed by atoms with Crippen LogP contribution in [0.15, 0.2) is 10.7 Å². The normalized spacial score (nSPS) is 15.0. The summed E-state index contributed by atoms with van der Waals surface area (Å²) >= 11 is 9.16. The molecule has 0 fully saturated rings. The lowest BCUT2D eigenvalue weighted by Crippen LogP contribution is -2.48. The van der Waals surface area contributed by atoms with E-state index in [1.165, 1.54) is 0 Å². The highest BCUT2D eigenvalue weighted by atomic mass is 79.9. The molecular weight excluding hydrogens is 372 g/mol. The van der Waals surface area contributed by atoms with Crippen LogP contribution < -0.4 is 10.6 Å². The van der Waals surface area contributed by atoms with Crippen LogP contribution in [0.3, 0.4) is 0 Å². The average molecular weight is 396 g/mol. The second-order valence-corrected chi connectivity index (χ2v) is 7.51. The van der Waals surface area contributed by atoms with Crippen molar-refractivity contribution in [2.75, 3.05) is 11.9 Å². The Hall–Kier alpha value is -0.470. The van der Waals surface area contributed by atoms with Crippen LogP contribution in [0, 0.1) is 5.92 Å². The number of aliphatic hydroxyl groups excluding tert-OH is 1. The molecule has 1 heterocycles. The first kappa shape index (κ1) is 19.6. The van der Waals surface area contributed by atoms with E-state index in [4.69, 9.17) is 16.3 Å². The molecule has 0 spiro atoms. The number of nitrogens with one attached hydrogen (secondary N) is 2. The van der Waals surface area contributed by atoms with Crippen molar-refractivity contribution in [3.05, 3.63) is 16.0 Å². The third-order valence-electron chi connectivity index (χ3n) is 2.83. The van der Waals surface area contributed by atoms with Crippen molar-refractivity contribution >= 4 is 33.3 Å². The molecule has 0 aromatic carbocycles. The molecule has 1 aromatic heterocycles. The SMILES string of the molecule is CC(C)[C@@H](CNc1nc(Cl)ncc1Br)NC(O)OC(C)(C)C. The number of ether oxygens (including phenoxy) is 1. The molecule has 0 radical (unpaired) electrons. The third kappa shape index (κ3) is 7.19. The van der Waals surface area contributed by atoms with Crippen LogP contribution in [0.4, 0.5) is 5.82 Å². The van der Waals surface area contributed by atoms with Crippen molar-refractivity contribution < 1.29 is 9.84 Å². The number of halogens is 2. The van der Waals surface area contributed by atoms with Gasteiger partial charge in [0.05, 0.1) is 10.1 Å². The van der Waals surface area contributed by atoms with Gasteiger partial charge in [-0.15, -0.1) is 0 Å². The van der Waals surface area contributed by atoms with Crippen molar-refractivity contribution in [3.8, 4) is 0 Å². The standard InChI is InChI=1S/C14H24BrClN4O2/c1-8(2)10(19-13(21)22-14(3,4)5)7-17-11-9(15)6-18-12(16)20-11/h6,8,10,13,19,21H,7H2,1-5H3,(H,17,18,20)/t10-,13?/m1/s1. The number of hydrogen-bond acceptors (Lipinski definition) is 6. The zero-order valence-corrected chi connectivity index (χ0v) is 15.9. The van der Waals surface area contributed by atoms with E-state index in [9.17, 15) is 5.11 Å². The van der Waals surface area contributed by atoms with Crippen molar-refractivity contribution in [2.45, 2.75) is 52.7 Å². The van der Waals surface area contributed by atoms with Crippen LogP contribution in [-0.4, -0.2) is 39.7 Å². The number of anilines is 1. The lowest BCUT2D eigenvalue weighted by molar-refractivity contribution is -0.186. The molecular formula is C14H24BrClN4O2. The molecule has 0 saturated carbocycles. The van der Waals surface area contributed by atoms with Gasteiger partial charge < -0.3 is 15.2 Å². The largest absolute Gasteiger partial charge is 0.367 e. The molecule has 6 nitrogen and oxygen atoms in total. The van der Waals surface area contributed by atoms with Crippen molar-refractivity contribution in [1.29, 1.82) is 0 Å². The molecule has 3 N–H and O–H groups in total. The van der Waals surface area contributed by atoms with Crippen LogP contribution in [0.1, 0.15) is 34.6 Å². The van der Waals surface area contributed by atoms with Gasteiger partial charge in [-0.05, 0) is 54.2 Å². The third-order valence-corrected chi connectivity index (χ3v) is 3.59.